The maximum absolute atomic E-state index is 11.3. The topological polar surface area (TPSA) is 70.7 Å². The van der Waals surface area contributed by atoms with Crippen molar-refractivity contribution in [3.63, 3.8) is 0 Å². The average Bonchev–Trinajstić information content (AvgIpc) is 2.81. The maximum Gasteiger partial charge on any atom is 0.222 e. The Bertz CT molecular complexity index is 715. The molecule has 6 heteroatoms. The van der Waals surface area contributed by atoms with E-state index in [4.69, 9.17) is 16.9 Å². The van der Waals surface area contributed by atoms with Gasteiger partial charge >= 0.3 is 0 Å². The molecule has 0 bridgehead atoms. The largest absolute Gasteiger partial charge is 0.310 e. The van der Waals surface area contributed by atoms with E-state index in [-0.39, 0.29) is 5.91 Å². The Morgan fingerprint density at radius 3 is 2.86 bits per heavy atom. The fourth-order valence-electron chi connectivity index (χ4n) is 2.07. The van der Waals surface area contributed by atoms with E-state index in [0.29, 0.717) is 22.1 Å². The molecule has 2 aromatic rings. The third-order valence-corrected chi connectivity index (χ3v) is 3.27. The summed E-state index contributed by atoms with van der Waals surface area (Å²) in [6, 6.07) is 7.69. The zero-order valence-electron chi connectivity index (χ0n) is 11.9. The number of rotatable bonds is 4. The summed E-state index contributed by atoms with van der Waals surface area (Å²) in [6.45, 7) is 3.48. The maximum atomic E-state index is 11.3. The Kier molecular flexibility index (Phi) is 4.61. The second kappa shape index (κ2) is 6.42. The van der Waals surface area contributed by atoms with E-state index in [2.05, 4.69) is 17.3 Å². The van der Waals surface area contributed by atoms with Gasteiger partial charge in [0.2, 0.25) is 5.91 Å². The highest BCUT2D eigenvalue weighted by Gasteiger charge is 2.15. The van der Waals surface area contributed by atoms with Gasteiger partial charge in [-0.1, -0.05) is 31.0 Å². The predicted molar refractivity (Wildman–Crippen MR) is 81.6 cm³/mol. The number of hydrogen-bond acceptors (Lipinski definition) is 3. The van der Waals surface area contributed by atoms with E-state index >= 15 is 0 Å². The molecule has 5 nitrogen and oxygen atoms in total. The standard InChI is InChI=1S/C15H15ClN4O/c1-3-4-11-5-6-14(13(16)7-11)20-15(19-10(2)21)12(8-17)9-18-20/h5-7,9H,3-4H2,1-2H3,(H,19,21). The summed E-state index contributed by atoms with van der Waals surface area (Å²) < 4.78 is 1.47. The number of carbonyl (C=O) groups is 1. The van der Waals surface area contributed by atoms with Gasteiger partial charge in [-0.05, 0) is 24.1 Å². The van der Waals surface area contributed by atoms with Crippen LogP contribution in [0.3, 0.4) is 0 Å². The number of anilines is 1. The fraction of sp³-hybridized carbons (Fsp3) is 0.267. The van der Waals surface area contributed by atoms with E-state index in [0.717, 1.165) is 18.4 Å². The highest BCUT2D eigenvalue weighted by molar-refractivity contribution is 6.32. The summed E-state index contributed by atoms with van der Waals surface area (Å²) in [5.41, 5.74) is 2.06. The van der Waals surface area contributed by atoms with Crippen molar-refractivity contribution in [3.05, 3.63) is 40.5 Å². The van der Waals surface area contributed by atoms with Crippen molar-refractivity contribution in [2.45, 2.75) is 26.7 Å². The highest BCUT2D eigenvalue weighted by atomic mass is 35.5. The molecular weight excluding hydrogens is 288 g/mol. The molecule has 1 aromatic heterocycles. The zero-order valence-corrected chi connectivity index (χ0v) is 12.6. The van der Waals surface area contributed by atoms with Crippen LogP contribution in [-0.2, 0) is 11.2 Å². The highest BCUT2D eigenvalue weighted by Crippen LogP contribution is 2.27. The van der Waals surface area contributed by atoms with Crippen LogP contribution in [0.25, 0.3) is 5.69 Å². The Morgan fingerprint density at radius 2 is 2.29 bits per heavy atom. The van der Waals surface area contributed by atoms with Gasteiger partial charge in [0.15, 0.2) is 5.82 Å². The Balaban J connectivity index is 2.49. The third kappa shape index (κ3) is 3.23. The molecule has 0 aliphatic rings. The monoisotopic (exact) mass is 302 g/mol. The van der Waals surface area contributed by atoms with E-state index in [9.17, 15) is 4.79 Å². The minimum Gasteiger partial charge on any atom is -0.310 e. The first-order valence-corrected chi connectivity index (χ1v) is 6.99. The number of nitrogens with one attached hydrogen (secondary N) is 1. The molecule has 0 fully saturated rings. The molecule has 0 aliphatic heterocycles. The number of halogens is 1. The molecule has 21 heavy (non-hydrogen) atoms. The molecule has 108 valence electrons. The Labute approximate surface area is 128 Å². The molecule has 0 atom stereocenters. The van der Waals surface area contributed by atoms with Gasteiger partial charge in [0.1, 0.15) is 11.6 Å². The molecule has 1 N–H and O–H groups in total. The van der Waals surface area contributed by atoms with Crippen LogP contribution in [0.1, 0.15) is 31.4 Å². The number of carbonyl (C=O) groups excluding carboxylic acids is 1. The van der Waals surface area contributed by atoms with Crippen LogP contribution in [0.5, 0.6) is 0 Å². The van der Waals surface area contributed by atoms with Gasteiger partial charge in [-0.2, -0.15) is 10.4 Å². The molecular formula is C15H15ClN4O. The molecule has 0 saturated carbocycles. The van der Waals surface area contributed by atoms with Crippen molar-refractivity contribution in [1.82, 2.24) is 9.78 Å². The average molecular weight is 303 g/mol. The number of aromatic nitrogens is 2. The SMILES string of the molecule is CCCc1ccc(-n2ncc(C#N)c2NC(C)=O)c(Cl)c1. The lowest BCUT2D eigenvalue weighted by Gasteiger charge is -2.11. The summed E-state index contributed by atoms with van der Waals surface area (Å²) in [5, 5.41) is 16.4. The van der Waals surface area contributed by atoms with Crippen molar-refractivity contribution in [1.29, 1.82) is 5.26 Å². The van der Waals surface area contributed by atoms with E-state index in [1.165, 1.54) is 17.8 Å². The second-order valence-electron chi connectivity index (χ2n) is 4.65. The first kappa shape index (κ1) is 15.1. The van der Waals surface area contributed by atoms with Gasteiger partial charge in [-0.25, -0.2) is 4.68 Å². The zero-order chi connectivity index (χ0) is 15.4. The number of aryl methyl sites for hydroxylation is 1. The molecule has 0 spiro atoms. The van der Waals surface area contributed by atoms with Crippen molar-refractivity contribution >= 4 is 23.3 Å². The van der Waals surface area contributed by atoms with Crippen LogP contribution < -0.4 is 5.32 Å². The van der Waals surface area contributed by atoms with Gasteiger partial charge in [0.05, 0.1) is 16.9 Å². The summed E-state index contributed by atoms with van der Waals surface area (Å²) in [5.74, 6) is 0.0575. The Hall–Kier alpha value is -2.32. The molecule has 2 rings (SSSR count). The predicted octanol–water partition coefficient (Wildman–Crippen LogP) is 3.31. The van der Waals surface area contributed by atoms with Gasteiger partial charge in [-0.15, -0.1) is 0 Å². The van der Waals surface area contributed by atoms with Crippen molar-refractivity contribution in [2.75, 3.05) is 5.32 Å². The van der Waals surface area contributed by atoms with Gasteiger partial charge in [0, 0.05) is 6.92 Å². The molecule has 0 aliphatic carbocycles. The minimum atomic E-state index is -0.271. The number of nitrogens with zero attached hydrogens (tertiary/aromatic N) is 3. The van der Waals surface area contributed by atoms with Crippen molar-refractivity contribution in [3.8, 4) is 11.8 Å². The van der Waals surface area contributed by atoms with E-state index in [1.54, 1.807) is 0 Å². The second-order valence-corrected chi connectivity index (χ2v) is 5.05. The van der Waals surface area contributed by atoms with E-state index in [1.807, 2.05) is 24.3 Å². The lowest BCUT2D eigenvalue weighted by atomic mass is 10.1. The van der Waals surface area contributed by atoms with Crippen LogP contribution in [0.15, 0.2) is 24.4 Å². The molecule has 1 heterocycles. The van der Waals surface area contributed by atoms with Crippen LogP contribution in [0.4, 0.5) is 5.82 Å². The first-order valence-electron chi connectivity index (χ1n) is 6.61. The molecule has 0 saturated heterocycles. The van der Waals surface area contributed by atoms with Crippen LogP contribution in [0, 0.1) is 11.3 Å². The van der Waals surface area contributed by atoms with Crippen LogP contribution >= 0.6 is 11.6 Å². The minimum absolute atomic E-state index is 0.271. The molecule has 0 radical (unpaired) electrons. The quantitative estimate of drug-likeness (QED) is 0.942. The molecule has 1 aromatic carbocycles. The fourth-order valence-corrected chi connectivity index (χ4v) is 2.35. The number of amides is 1. The summed E-state index contributed by atoms with van der Waals surface area (Å²) in [6.07, 6.45) is 3.38. The summed E-state index contributed by atoms with van der Waals surface area (Å²) in [7, 11) is 0. The first-order chi connectivity index (χ1) is 10.1. The van der Waals surface area contributed by atoms with Crippen LogP contribution in [0.2, 0.25) is 5.02 Å². The van der Waals surface area contributed by atoms with Crippen molar-refractivity contribution in [2.24, 2.45) is 0 Å². The van der Waals surface area contributed by atoms with Gasteiger partial charge in [-0.3, -0.25) is 4.79 Å². The summed E-state index contributed by atoms with van der Waals surface area (Å²) in [4.78, 5) is 11.3. The Morgan fingerprint density at radius 1 is 1.52 bits per heavy atom. The number of benzene rings is 1. The van der Waals surface area contributed by atoms with Crippen LogP contribution in [-0.4, -0.2) is 15.7 Å². The van der Waals surface area contributed by atoms with Crippen molar-refractivity contribution < 1.29 is 4.79 Å². The van der Waals surface area contributed by atoms with Gasteiger partial charge in [0.25, 0.3) is 0 Å². The number of hydrogen-bond donors (Lipinski definition) is 1. The van der Waals surface area contributed by atoms with Gasteiger partial charge < -0.3 is 5.32 Å². The lowest BCUT2D eigenvalue weighted by Crippen LogP contribution is -2.12. The lowest BCUT2D eigenvalue weighted by molar-refractivity contribution is -0.114. The molecule has 0 unspecified atom stereocenters. The molecule has 1 amide bonds. The summed E-state index contributed by atoms with van der Waals surface area (Å²) >= 11 is 6.30. The smallest absolute Gasteiger partial charge is 0.222 e. The normalized spacial score (nSPS) is 10.2. The number of nitriles is 1. The van der Waals surface area contributed by atoms with E-state index < -0.39 is 0 Å². The third-order valence-electron chi connectivity index (χ3n) is 2.96.